The molecule has 0 spiro atoms. The van der Waals surface area contributed by atoms with Gasteiger partial charge in [-0.3, -0.25) is 4.79 Å². The molecule has 1 heterocycles. The third kappa shape index (κ3) is 4.16. The molecule has 0 bridgehead atoms. The molecule has 5 heteroatoms. The van der Waals surface area contributed by atoms with Crippen molar-refractivity contribution >= 4 is 5.91 Å². The van der Waals surface area contributed by atoms with Crippen molar-refractivity contribution in [3.05, 3.63) is 126 Å². The summed E-state index contributed by atoms with van der Waals surface area (Å²) in [5.41, 5.74) is 8.21. The van der Waals surface area contributed by atoms with E-state index in [9.17, 15) is 9.18 Å². The molecule has 4 aromatic rings. The number of carbonyl (C=O) groups is 1. The summed E-state index contributed by atoms with van der Waals surface area (Å²) in [6.45, 7) is 2.72. The van der Waals surface area contributed by atoms with E-state index in [2.05, 4.69) is 28.5 Å². The molecule has 2 N–H and O–H groups in total. The summed E-state index contributed by atoms with van der Waals surface area (Å²) in [6.07, 6.45) is 6.89. The van der Waals surface area contributed by atoms with Crippen LogP contribution in [0.1, 0.15) is 47.8 Å². The van der Waals surface area contributed by atoms with Crippen LogP contribution < -0.4 is 10.3 Å². The van der Waals surface area contributed by atoms with Gasteiger partial charge < -0.3 is 5.73 Å². The number of carbonyl (C=O) groups excluding carboxylic acids is 1. The summed E-state index contributed by atoms with van der Waals surface area (Å²) >= 11 is 0. The van der Waals surface area contributed by atoms with Gasteiger partial charge in [0.05, 0.1) is 0 Å². The van der Waals surface area contributed by atoms with Gasteiger partial charge in [-0.25, -0.2) is 13.5 Å². The average Bonchev–Trinajstić information content (AvgIpc) is 3.48. The second kappa shape index (κ2) is 9.49. The van der Waals surface area contributed by atoms with Gasteiger partial charge in [0, 0.05) is 6.92 Å². The Morgan fingerprint density at radius 3 is 2.26 bits per heavy atom. The van der Waals surface area contributed by atoms with Gasteiger partial charge in [-0.2, -0.15) is 0 Å². The zero-order valence-corrected chi connectivity index (χ0v) is 20.0. The molecule has 3 aromatic carbocycles. The van der Waals surface area contributed by atoms with Crippen molar-refractivity contribution in [3.63, 3.8) is 0 Å². The van der Waals surface area contributed by atoms with Crippen molar-refractivity contribution in [1.29, 1.82) is 0 Å². The second-order valence-electron chi connectivity index (χ2n) is 9.58. The first kappa shape index (κ1) is 23.0. The van der Waals surface area contributed by atoms with Crippen LogP contribution in [0.25, 0.3) is 0 Å². The predicted molar refractivity (Wildman–Crippen MR) is 134 cm³/mol. The van der Waals surface area contributed by atoms with E-state index < -0.39 is 5.41 Å². The zero-order valence-electron chi connectivity index (χ0n) is 20.0. The topological polar surface area (TPSA) is 51.9 Å². The first-order valence-electron chi connectivity index (χ1n) is 12.2. The lowest BCUT2D eigenvalue weighted by molar-refractivity contribution is -0.694. The van der Waals surface area contributed by atoms with Crippen molar-refractivity contribution in [2.24, 2.45) is 11.7 Å². The highest BCUT2D eigenvalue weighted by molar-refractivity contribution is 5.91. The van der Waals surface area contributed by atoms with Gasteiger partial charge >= 0.3 is 0 Å². The standard InChI is InChI=1S/C30H30FN3O/c1-22-33(21-23-9-8-14-27(31)19-23)17-18-34(22)28-16-15-26(20-28)30(29(32)35,24-10-4-2-5-11-24)25-12-6-3-7-13-25/h2-14,17-19,26,28H,15-16,20-21H2,1H3,(H-,32,35)/p+1. The van der Waals surface area contributed by atoms with E-state index in [-0.39, 0.29) is 23.7 Å². The molecule has 2 atom stereocenters. The fraction of sp³-hybridized carbons (Fsp3) is 0.267. The fourth-order valence-electron chi connectivity index (χ4n) is 6.03. The Labute approximate surface area is 205 Å². The molecule has 1 saturated carbocycles. The predicted octanol–water partition coefficient (Wildman–Crippen LogP) is 5.08. The Kier molecular flexibility index (Phi) is 6.25. The van der Waals surface area contributed by atoms with Crippen LogP contribution in [0.5, 0.6) is 0 Å². The maximum atomic E-state index is 13.7. The van der Waals surface area contributed by atoms with Crippen LogP contribution in [0.3, 0.4) is 0 Å². The maximum Gasteiger partial charge on any atom is 0.253 e. The normalized spacial score (nSPS) is 18.0. The van der Waals surface area contributed by atoms with E-state index in [0.29, 0.717) is 6.54 Å². The first-order chi connectivity index (χ1) is 17.0. The molecule has 35 heavy (non-hydrogen) atoms. The number of imidazole rings is 1. The highest BCUT2D eigenvalue weighted by Gasteiger charge is 2.51. The third-order valence-electron chi connectivity index (χ3n) is 7.70. The number of primary amides is 1. The van der Waals surface area contributed by atoms with E-state index in [1.807, 2.05) is 66.7 Å². The number of nitrogens with zero attached hydrogens (tertiary/aromatic N) is 2. The van der Waals surface area contributed by atoms with Crippen LogP contribution in [0.15, 0.2) is 97.3 Å². The minimum atomic E-state index is -0.879. The van der Waals surface area contributed by atoms with Crippen LogP contribution in [-0.4, -0.2) is 10.5 Å². The Morgan fingerprint density at radius 2 is 1.66 bits per heavy atom. The van der Waals surface area contributed by atoms with Crippen LogP contribution in [0.4, 0.5) is 4.39 Å². The number of benzene rings is 3. The molecule has 1 aromatic heterocycles. The van der Waals surface area contributed by atoms with Gasteiger partial charge in [0.25, 0.3) is 5.82 Å². The fourth-order valence-corrected chi connectivity index (χ4v) is 6.03. The molecule has 5 rings (SSSR count). The highest BCUT2D eigenvalue weighted by atomic mass is 19.1. The highest BCUT2D eigenvalue weighted by Crippen LogP contribution is 2.49. The monoisotopic (exact) mass is 468 g/mol. The van der Waals surface area contributed by atoms with Crippen LogP contribution in [0.2, 0.25) is 0 Å². The van der Waals surface area contributed by atoms with E-state index in [4.69, 9.17) is 5.73 Å². The number of amides is 1. The van der Waals surface area contributed by atoms with E-state index >= 15 is 0 Å². The third-order valence-corrected chi connectivity index (χ3v) is 7.70. The molecule has 1 aliphatic rings. The molecule has 178 valence electrons. The minimum absolute atomic E-state index is 0.0771. The summed E-state index contributed by atoms with van der Waals surface area (Å²) in [7, 11) is 0. The summed E-state index contributed by atoms with van der Waals surface area (Å²) < 4.78 is 18.1. The lowest BCUT2D eigenvalue weighted by Crippen LogP contribution is -2.47. The molecular weight excluding hydrogens is 437 g/mol. The number of hydrogen-bond donors (Lipinski definition) is 1. The number of nitrogens with two attached hydrogens (primary N) is 1. The molecule has 1 amide bonds. The lowest BCUT2D eigenvalue weighted by Gasteiger charge is -2.37. The summed E-state index contributed by atoms with van der Waals surface area (Å²) in [5.74, 6) is 0.673. The number of halogens is 1. The Bertz CT molecular complexity index is 1280. The van der Waals surface area contributed by atoms with Gasteiger partial charge in [0.1, 0.15) is 36.2 Å². The molecule has 4 nitrogen and oxygen atoms in total. The molecule has 2 unspecified atom stereocenters. The summed E-state index contributed by atoms with van der Waals surface area (Å²) in [6, 6.07) is 27.0. The SMILES string of the molecule is Cc1n(C2CCC(C(C(N)=O)(c3ccccc3)c3ccccc3)C2)cc[n+]1Cc1cccc(F)c1. The van der Waals surface area contributed by atoms with Crippen molar-refractivity contribution in [2.75, 3.05) is 0 Å². The van der Waals surface area contributed by atoms with Crippen LogP contribution >= 0.6 is 0 Å². The quantitative estimate of drug-likeness (QED) is 0.378. The minimum Gasteiger partial charge on any atom is -0.369 e. The van der Waals surface area contributed by atoms with Crippen LogP contribution in [-0.2, 0) is 16.8 Å². The largest absolute Gasteiger partial charge is 0.369 e. The number of rotatable bonds is 7. The molecule has 1 aliphatic carbocycles. The van der Waals surface area contributed by atoms with Gasteiger partial charge in [0.2, 0.25) is 5.91 Å². The smallest absolute Gasteiger partial charge is 0.253 e. The van der Waals surface area contributed by atoms with Gasteiger partial charge in [-0.05, 0) is 54.0 Å². The van der Waals surface area contributed by atoms with E-state index in [1.54, 1.807) is 12.1 Å². The molecule has 0 radical (unpaired) electrons. The zero-order chi connectivity index (χ0) is 24.4. The Morgan fingerprint density at radius 1 is 1.00 bits per heavy atom. The number of aromatic nitrogens is 2. The lowest BCUT2D eigenvalue weighted by atomic mass is 9.64. The summed E-state index contributed by atoms with van der Waals surface area (Å²) in [4.78, 5) is 13.3. The van der Waals surface area contributed by atoms with Crippen molar-refractivity contribution in [1.82, 2.24) is 4.57 Å². The van der Waals surface area contributed by atoms with Crippen LogP contribution in [0, 0.1) is 18.7 Å². The summed E-state index contributed by atoms with van der Waals surface area (Å²) in [5, 5.41) is 0. The molecule has 1 fully saturated rings. The van der Waals surface area contributed by atoms with Gasteiger partial charge in [0.15, 0.2) is 0 Å². The Hall–Kier alpha value is -3.73. The molecule has 0 aliphatic heterocycles. The van der Waals surface area contributed by atoms with E-state index in [1.165, 1.54) is 6.07 Å². The van der Waals surface area contributed by atoms with Crippen molar-refractivity contribution in [3.8, 4) is 0 Å². The number of hydrogen-bond acceptors (Lipinski definition) is 1. The van der Waals surface area contributed by atoms with Crippen molar-refractivity contribution in [2.45, 2.75) is 44.2 Å². The molecular formula is C30H31FN3O+. The Balaban J connectivity index is 1.47. The second-order valence-corrected chi connectivity index (χ2v) is 9.58. The van der Waals surface area contributed by atoms with Crippen molar-refractivity contribution < 1.29 is 13.8 Å². The molecule has 0 saturated heterocycles. The maximum absolute atomic E-state index is 13.7. The first-order valence-corrected chi connectivity index (χ1v) is 12.2. The van der Waals surface area contributed by atoms with Gasteiger partial charge in [-0.15, -0.1) is 0 Å². The van der Waals surface area contributed by atoms with Gasteiger partial charge in [-0.1, -0.05) is 72.8 Å². The average molecular weight is 469 g/mol. The van der Waals surface area contributed by atoms with E-state index in [0.717, 1.165) is 41.8 Å².